The van der Waals surface area contributed by atoms with Crippen LogP contribution >= 0.6 is 22.6 Å². The molecule has 27 heavy (non-hydrogen) atoms. The van der Waals surface area contributed by atoms with Crippen molar-refractivity contribution >= 4 is 32.7 Å². The third kappa shape index (κ3) is 9.63. The van der Waals surface area contributed by atoms with Crippen LogP contribution in [0.5, 0.6) is 0 Å². The molecule has 3 aliphatic rings. The van der Waals surface area contributed by atoms with E-state index in [9.17, 15) is 8.42 Å². The molecule has 3 fully saturated rings. The van der Waals surface area contributed by atoms with Crippen molar-refractivity contribution in [3.63, 3.8) is 0 Å². The van der Waals surface area contributed by atoms with E-state index >= 15 is 0 Å². The zero-order valence-corrected chi connectivity index (χ0v) is 18.3. The number of nitrogens with zero attached hydrogens (tertiary/aromatic N) is 2. The van der Waals surface area contributed by atoms with Gasteiger partial charge < -0.3 is 19.3 Å². The van der Waals surface area contributed by atoms with Crippen LogP contribution in [0.3, 0.4) is 0 Å². The minimum Gasteiger partial charge on any atom is -0.391 e. The number of ether oxygens (including phenoxy) is 3. The first-order valence-electron chi connectivity index (χ1n) is 8.82. The van der Waals surface area contributed by atoms with Gasteiger partial charge in [0.15, 0.2) is 0 Å². The van der Waals surface area contributed by atoms with E-state index in [1.165, 1.54) is 3.57 Å². The smallest absolute Gasteiger partial charge is 0.264 e. The Hall–Kier alpha value is -0.310. The van der Waals surface area contributed by atoms with Crippen LogP contribution in [0.15, 0.2) is 12.4 Å². The first-order chi connectivity index (χ1) is 12.8. The lowest BCUT2D eigenvalue weighted by Crippen LogP contribution is -2.16. The van der Waals surface area contributed by atoms with Crippen molar-refractivity contribution in [3.8, 4) is 0 Å². The van der Waals surface area contributed by atoms with E-state index in [0.717, 1.165) is 38.9 Å². The average Bonchev–Trinajstić information content (AvgIpc) is 3.35. The lowest BCUT2D eigenvalue weighted by Gasteiger charge is -2.06. The van der Waals surface area contributed by atoms with Crippen LogP contribution in [0.4, 0.5) is 0 Å². The van der Waals surface area contributed by atoms with E-state index in [1.54, 1.807) is 0 Å². The van der Waals surface area contributed by atoms with E-state index in [0.29, 0.717) is 32.3 Å². The van der Waals surface area contributed by atoms with Gasteiger partial charge in [0.25, 0.3) is 10.1 Å². The lowest BCUT2D eigenvalue weighted by atomic mass is 10.3. The van der Waals surface area contributed by atoms with E-state index in [4.69, 9.17) is 19.3 Å². The minimum atomic E-state index is -3.29. The fourth-order valence-corrected chi connectivity index (χ4v) is 3.66. The third-order valence-electron chi connectivity index (χ3n) is 3.95. The number of aliphatic hydroxyl groups is 1. The highest BCUT2D eigenvalue weighted by Crippen LogP contribution is 2.18. The van der Waals surface area contributed by atoms with Crippen LogP contribution in [0, 0.1) is 3.57 Å². The lowest BCUT2D eigenvalue weighted by molar-refractivity contribution is 0.127. The van der Waals surface area contributed by atoms with Gasteiger partial charge in [-0.2, -0.15) is 13.5 Å². The molecule has 0 amide bonds. The van der Waals surface area contributed by atoms with Gasteiger partial charge in [0.2, 0.25) is 0 Å². The van der Waals surface area contributed by atoms with Crippen LogP contribution in [0.2, 0.25) is 0 Å². The number of rotatable bonds is 3. The van der Waals surface area contributed by atoms with Crippen molar-refractivity contribution in [1.82, 2.24) is 9.78 Å². The Balaban J connectivity index is 0.000000152. The monoisotopic (exact) mass is 518 g/mol. The molecule has 4 rings (SSSR count). The molecular formula is C16H27IN2O7S. The average molecular weight is 518 g/mol. The molecule has 9 nitrogen and oxygen atoms in total. The molecule has 3 atom stereocenters. The highest BCUT2D eigenvalue weighted by Gasteiger charge is 2.20. The van der Waals surface area contributed by atoms with E-state index in [-0.39, 0.29) is 12.2 Å². The first kappa shape index (κ1) is 23.0. The number of aromatic nitrogens is 2. The fraction of sp³-hybridized carbons (Fsp3) is 0.812. The maximum Gasteiger partial charge on any atom is 0.264 e. The van der Waals surface area contributed by atoms with Gasteiger partial charge >= 0.3 is 0 Å². The molecule has 11 heteroatoms. The molecular weight excluding hydrogens is 491 g/mol. The van der Waals surface area contributed by atoms with E-state index in [1.807, 2.05) is 10.9 Å². The second-order valence-corrected chi connectivity index (χ2v) is 9.31. The standard InChI is InChI=1S/C7H9IN2O.C5H10O4S.C4H8O2/c8-6-3-9-10(4-6)7-1-2-11-5-7;1-10(6,7)9-5-2-3-8-4-5;5-4-1-2-6-3-4/h3-4,7H,1-2,5H2;5H,2-4H2,1H3;4-5H,1-3H2/t7-;5-;4-/m100/s1. The summed E-state index contributed by atoms with van der Waals surface area (Å²) in [6.07, 6.45) is 7.13. The summed E-state index contributed by atoms with van der Waals surface area (Å²) < 4.78 is 43.8. The fourth-order valence-electron chi connectivity index (χ4n) is 2.60. The predicted octanol–water partition coefficient (Wildman–Crippen LogP) is 0.968. The Kier molecular flexibility index (Phi) is 9.90. The Morgan fingerprint density at radius 1 is 1.15 bits per heavy atom. The second kappa shape index (κ2) is 11.6. The van der Waals surface area contributed by atoms with Crippen molar-refractivity contribution in [3.05, 3.63) is 16.0 Å². The van der Waals surface area contributed by atoms with Crippen molar-refractivity contribution in [1.29, 1.82) is 0 Å². The van der Waals surface area contributed by atoms with Crippen LogP contribution in [0.1, 0.15) is 25.3 Å². The van der Waals surface area contributed by atoms with Gasteiger partial charge in [-0.25, -0.2) is 0 Å². The molecule has 3 saturated heterocycles. The van der Waals surface area contributed by atoms with Gasteiger partial charge in [-0.3, -0.25) is 8.86 Å². The SMILES string of the molecule is CS(=O)(=O)O[C@H]1CCOC1.Ic1cnn([C@@H]2CCOC2)c1.O[C@H]1CCOC1. The Labute approximate surface area is 173 Å². The van der Waals surface area contributed by atoms with Gasteiger partial charge in [0.1, 0.15) is 6.10 Å². The van der Waals surface area contributed by atoms with Crippen molar-refractivity contribution in [2.75, 3.05) is 45.9 Å². The largest absolute Gasteiger partial charge is 0.391 e. The molecule has 1 aromatic rings. The number of hydrogen-bond acceptors (Lipinski definition) is 8. The molecule has 3 aliphatic heterocycles. The molecule has 0 radical (unpaired) electrons. The van der Waals surface area contributed by atoms with Gasteiger partial charge in [-0.05, 0) is 35.4 Å². The van der Waals surface area contributed by atoms with E-state index in [2.05, 4.69) is 38.1 Å². The zero-order chi connectivity index (χ0) is 19.7. The molecule has 0 saturated carbocycles. The highest BCUT2D eigenvalue weighted by molar-refractivity contribution is 14.1. The topological polar surface area (TPSA) is 109 Å². The highest BCUT2D eigenvalue weighted by atomic mass is 127. The van der Waals surface area contributed by atoms with E-state index < -0.39 is 10.1 Å². The molecule has 0 aliphatic carbocycles. The summed E-state index contributed by atoms with van der Waals surface area (Å²) in [6.45, 7) is 3.97. The van der Waals surface area contributed by atoms with Gasteiger partial charge in [-0.1, -0.05) is 0 Å². The first-order valence-corrected chi connectivity index (χ1v) is 11.7. The maximum absolute atomic E-state index is 10.5. The molecule has 0 unspecified atom stereocenters. The van der Waals surface area contributed by atoms with Crippen LogP contribution in [-0.4, -0.2) is 81.4 Å². The molecule has 1 N–H and O–H groups in total. The summed E-state index contributed by atoms with van der Waals surface area (Å²) in [6, 6.07) is 0.471. The number of hydrogen-bond donors (Lipinski definition) is 1. The Morgan fingerprint density at radius 3 is 2.22 bits per heavy atom. The van der Waals surface area contributed by atoms with Gasteiger partial charge in [0.05, 0.1) is 48.0 Å². The molecule has 156 valence electrons. The van der Waals surface area contributed by atoms with Crippen molar-refractivity contribution < 1.29 is 31.9 Å². The summed E-state index contributed by atoms with van der Waals surface area (Å²) in [4.78, 5) is 0. The predicted molar refractivity (Wildman–Crippen MR) is 106 cm³/mol. The minimum absolute atomic E-state index is 0.176. The van der Waals surface area contributed by atoms with Crippen LogP contribution in [0.25, 0.3) is 0 Å². The number of halogens is 1. The molecule has 1 aromatic heterocycles. The number of aliphatic hydroxyl groups excluding tert-OH is 1. The molecule has 0 aromatic carbocycles. The zero-order valence-electron chi connectivity index (χ0n) is 15.3. The Morgan fingerprint density at radius 2 is 1.81 bits per heavy atom. The summed E-state index contributed by atoms with van der Waals surface area (Å²) in [5.41, 5.74) is 0. The summed E-state index contributed by atoms with van der Waals surface area (Å²) in [7, 11) is -3.29. The summed E-state index contributed by atoms with van der Waals surface area (Å²) in [5, 5.41) is 12.8. The molecule has 4 heterocycles. The normalized spacial score (nSPS) is 27.6. The summed E-state index contributed by atoms with van der Waals surface area (Å²) >= 11 is 2.26. The van der Waals surface area contributed by atoms with Gasteiger partial charge in [0, 0.05) is 32.4 Å². The maximum atomic E-state index is 10.5. The van der Waals surface area contributed by atoms with Crippen molar-refractivity contribution in [2.24, 2.45) is 0 Å². The van der Waals surface area contributed by atoms with Crippen molar-refractivity contribution in [2.45, 2.75) is 37.5 Å². The quantitative estimate of drug-likeness (QED) is 0.466. The Bertz CT molecular complexity index is 637. The summed E-state index contributed by atoms with van der Waals surface area (Å²) in [5.74, 6) is 0. The third-order valence-corrected chi connectivity index (χ3v) is 5.13. The second-order valence-electron chi connectivity index (χ2n) is 6.46. The molecule has 0 spiro atoms. The van der Waals surface area contributed by atoms with Gasteiger partial charge in [-0.15, -0.1) is 0 Å². The van der Waals surface area contributed by atoms with Crippen LogP contribution in [-0.2, 0) is 28.5 Å². The molecule has 0 bridgehead atoms. The van der Waals surface area contributed by atoms with Crippen LogP contribution < -0.4 is 0 Å².